The molecule has 0 spiro atoms. The monoisotopic (exact) mass is 401 g/mol. The number of carbonyl (C=O) groups excluding carboxylic acids is 1. The van der Waals surface area contributed by atoms with E-state index in [1.807, 2.05) is 26.0 Å². The van der Waals surface area contributed by atoms with Crippen LogP contribution in [0.5, 0.6) is 5.75 Å². The Kier molecular flexibility index (Phi) is 5.29. The van der Waals surface area contributed by atoms with Crippen LogP contribution in [0.25, 0.3) is 16.6 Å². The fourth-order valence-corrected chi connectivity index (χ4v) is 3.42. The minimum absolute atomic E-state index is 0.000528. The highest BCUT2D eigenvalue weighted by Gasteiger charge is 2.25. The molecule has 0 aliphatic heterocycles. The number of anilines is 1. The first-order valence-electron chi connectivity index (χ1n) is 8.64. The van der Waals surface area contributed by atoms with Crippen LogP contribution in [0.1, 0.15) is 28.4 Å². The van der Waals surface area contributed by atoms with E-state index < -0.39 is 11.5 Å². The van der Waals surface area contributed by atoms with Crippen molar-refractivity contribution in [3.63, 3.8) is 0 Å². The van der Waals surface area contributed by atoms with Crippen molar-refractivity contribution in [2.75, 3.05) is 19.5 Å². The minimum Gasteiger partial charge on any atom is -0.496 e. The molecule has 0 radical (unpaired) electrons. The molecule has 8 heteroatoms. The summed E-state index contributed by atoms with van der Waals surface area (Å²) >= 11 is 5.99. The van der Waals surface area contributed by atoms with E-state index in [1.54, 1.807) is 14.0 Å². The Morgan fingerprint density at radius 1 is 1.25 bits per heavy atom. The molecule has 3 rings (SSSR count). The zero-order valence-electron chi connectivity index (χ0n) is 16.0. The molecule has 0 saturated carbocycles. The Hall–Kier alpha value is -3.06. The van der Waals surface area contributed by atoms with Crippen LogP contribution < -0.4 is 16.0 Å². The van der Waals surface area contributed by atoms with Crippen LogP contribution in [0.2, 0.25) is 5.15 Å². The number of carbonyl (C=O) groups is 1. The molecule has 3 aromatic rings. The van der Waals surface area contributed by atoms with Crippen molar-refractivity contribution >= 4 is 34.3 Å². The zero-order chi connectivity index (χ0) is 20.6. The molecule has 146 valence electrons. The van der Waals surface area contributed by atoms with Gasteiger partial charge in [-0.05, 0) is 44.5 Å². The molecular weight excluding hydrogens is 382 g/mol. The highest BCUT2D eigenvalue weighted by atomic mass is 35.5. The molecule has 1 aromatic carbocycles. The number of halogens is 1. The first kappa shape index (κ1) is 19.7. The number of hydrogen-bond donors (Lipinski definition) is 1. The average Bonchev–Trinajstić information content (AvgIpc) is 2.64. The van der Waals surface area contributed by atoms with Gasteiger partial charge in [-0.25, -0.2) is 9.78 Å². The second kappa shape index (κ2) is 7.52. The predicted octanol–water partition coefficient (Wildman–Crippen LogP) is 3.42. The number of nitrogens with two attached hydrogens (primary N) is 1. The van der Waals surface area contributed by atoms with Gasteiger partial charge in [-0.15, -0.1) is 0 Å². The number of methoxy groups -OCH3 is 1. The van der Waals surface area contributed by atoms with Gasteiger partial charge in [-0.2, -0.15) is 0 Å². The molecule has 0 aliphatic carbocycles. The van der Waals surface area contributed by atoms with Crippen molar-refractivity contribution < 1.29 is 14.3 Å². The van der Waals surface area contributed by atoms with Crippen LogP contribution in [0, 0.1) is 13.8 Å². The summed E-state index contributed by atoms with van der Waals surface area (Å²) in [6.07, 6.45) is 0. The fraction of sp³-hybridized carbons (Fsp3) is 0.250. The fourth-order valence-electron chi connectivity index (χ4n) is 3.27. The molecule has 2 N–H and O–H groups in total. The summed E-state index contributed by atoms with van der Waals surface area (Å²) < 4.78 is 11.8. The number of nitrogens with zero attached hydrogens (tertiary/aromatic N) is 2. The quantitative estimate of drug-likeness (QED) is 0.531. The second-order valence-corrected chi connectivity index (χ2v) is 6.60. The number of aryl methyl sites for hydroxylation is 1. The highest BCUT2D eigenvalue weighted by Crippen LogP contribution is 2.31. The molecule has 28 heavy (non-hydrogen) atoms. The van der Waals surface area contributed by atoms with E-state index in [2.05, 4.69) is 4.98 Å². The molecule has 0 bridgehead atoms. The van der Waals surface area contributed by atoms with Crippen LogP contribution >= 0.6 is 11.6 Å². The predicted molar refractivity (Wildman–Crippen MR) is 109 cm³/mol. The number of rotatable bonds is 4. The zero-order valence-corrected chi connectivity index (χ0v) is 16.8. The van der Waals surface area contributed by atoms with Gasteiger partial charge in [0.1, 0.15) is 22.3 Å². The summed E-state index contributed by atoms with van der Waals surface area (Å²) in [5, 5.41) is 0.353. The molecule has 7 nitrogen and oxygen atoms in total. The summed E-state index contributed by atoms with van der Waals surface area (Å²) in [4.78, 5) is 30.1. The third-order valence-corrected chi connectivity index (χ3v) is 4.75. The molecule has 0 atom stereocenters. The van der Waals surface area contributed by atoms with Gasteiger partial charge in [0.25, 0.3) is 5.56 Å². The molecular formula is C20H20ClN3O4. The summed E-state index contributed by atoms with van der Waals surface area (Å²) in [6.45, 7) is 5.50. The maximum atomic E-state index is 13.3. The van der Waals surface area contributed by atoms with E-state index in [9.17, 15) is 9.59 Å². The average molecular weight is 402 g/mol. The second-order valence-electron chi connectivity index (χ2n) is 6.21. The van der Waals surface area contributed by atoms with E-state index in [-0.39, 0.29) is 34.0 Å². The summed E-state index contributed by atoms with van der Waals surface area (Å²) in [5.41, 5.74) is 8.09. The van der Waals surface area contributed by atoms with Gasteiger partial charge in [-0.3, -0.25) is 9.36 Å². The Morgan fingerprint density at radius 2 is 1.96 bits per heavy atom. The number of fused-ring (bicyclic) bond motifs is 1. The smallest absolute Gasteiger partial charge is 0.344 e. The number of benzene rings is 1. The summed E-state index contributed by atoms with van der Waals surface area (Å²) in [7, 11) is 1.55. The molecule has 0 aliphatic rings. The van der Waals surface area contributed by atoms with Gasteiger partial charge in [0, 0.05) is 5.56 Å². The van der Waals surface area contributed by atoms with Gasteiger partial charge < -0.3 is 15.2 Å². The van der Waals surface area contributed by atoms with Crippen LogP contribution in [-0.4, -0.2) is 29.2 Å². The van der Waals surface area contributed by atoms with Gasteiger partial charge in [0.2, 0.25) is 0 Å². The number of pyridine rings is 2. The lowest BCUT2D eigenvalue weighted by atomic mass is 10.1. The van der Waals surface area contributed by atoms with Crippen LogP contribution in [0.3, 0.4) is 0 Å². The van der Waals surface area contributed by atoms with E-state index in [4.69, 9.17) is 26.8 Å². The Morgan fingerprint density at radius 3 is 2.61 bits per heavy atom. The number of esters is 1. The van der Waals surface area contributed by atoms with E-state index in [1.165, 1.54) is 16.7 Å². The maximum absolute atomic E-state index is 13.3. The van der Waals surface area contributed by atoms with E-state index in [0.29, 0.717) is 17.0 Å². The van der Waals surface area contributed by atoms with Crippen LogP contribution in [0.15, 0.2) is 29.1 Å². The highest BCUT2D eigenvalue weighted by molar-refractivity contribution is 6.30. The third-order valence-electron chi connectivity index (χ3n) is 4.53. The Balaban J connectivity index is 2.52. The Bertz CT molecular complexity index is 1150. The number of hydrogen-bond acceptors (Lipinski definition) is 6. The standard InChI is InChI=1S/C20H20ClN3O4/c1-5-28-20(26)15-16-12(7-9-14(21)23-16)19(25)24(18(15)22)17-10(2)6-8-13(27-4)11(17)3/h6-9H,5,22H2,1-4H3. The largest absolute Gasteiger partial charge is 0.496 e. The van der Waals surface area contributed by atoms with Crippen molar-refractivity contribution in [3.05, 3.63) is 56.5 Å². The maximum Gasteiger partial charge on any atom is 0.344 e. The van der Waals surface area contributed by atoms with Crippen molar-refractivity contribution in [1.29, 1.82) is 0 Å². The summed E-state index contributed by atoms with van der Waals surface area (Å²) in [5.74, 6) is -0.143. The molecule has 0 amide bonds. The topological polar surface area (TPSA) is 96.4 Å². The first-order chi connectivity index (χ1) is 13.3. The number of ether oxygens (including phenoxy) is 2. The normalized spacial score (nSPS) is 10.9. The molecule has 0 saturated heterocycles. The first-order valence-corrected chi connectivity index (χ1v) is 9.02. The third kappa shape index (κ3) is 3.07. The SMILES string of the molecule is CCOC(=O)c1c(N)n(-c2c(C)ccc(OC)c2C)c(=O)c2ccc(Cl)nc12. The molecule has 0 fully saturated rings. The van der Waals surface area contributed by atoms with Gasteiger partial charge >= 0.3 is 5.97 Å². The summed E-state index contributed by atoms with van der Waals surface area (Å²) in [6, 6.07) is 6.65. The molecule has 2 heterocycles. The van der Waals surface area contributed by atoms with Crippen molar-refractivity contribution in [2.24, 2.45) is 0 Å². The lowest BCUT2D eigenvalue weighted by Crippen LogP contribution is -2.27. The number of nitrogen functional groups attached to an aromatic ring is 1. The number of aromatic nitrogens is 2. The lowest BCUT2D eigenvalue weighted by molar-refractivity contribution is 0.0529. The van der Waals surface area contributed by atoms with Crippen molar-refractivity contribution in [1.82, 2.24) is 9.55 Å². The Labute approximate surface area is 166 Å². The van der Waals surface area contributed by atoms with Crippen LogP contribution in [0.4, 0.5) is 5.82 Å². The van der Waals surface area contributed by atoms with Gasteiger partial charge in [0.15, 0.2) is 0 Å². The van der Waals surface area contributed by atoms with Gasteiger partial charge in [0.05, 0.1) is 30.3 Å². The molecule has 2 aromatic heterocycles. The van der Waals surface area contributed by atoms with Crippen molar-refractivity contribution in [2.45, 2.75) is 20.8 Å². The van der Waals surface area contributed by atoms with E-state index in [0.717, 1.165) is 5.56 Å². The molecule has 0 unspecified atom stereocenters. The lowest BCUT2D eigenvalue weighted by Gasteiger charge is -2.20. The van der Waals surface area contributed by atoms with Crippen molar-refractivity contribution in [3.8, 4) is 11.4 Å². The van der Waals surface area contributed by atoms with Gasteiger partial charge in [-0.1, -0.05) is 17.7 Å². The van der Waals surface area contributed by atoms with Crippen LogP contribution in [-0.2, 0) is 4.74 Å². The van der Waals surface area contributed by atoms with E-state index >= 15 is 0 Å². The minimum atomic E-state index is -0.674.